The van der Waals surface area contributed by atoms with Gasteiger partial charge in [0.2, 0.25) is 0 Å². The fourth-order valence-corrected chi connectivity index (χ4v) is 3.53. The van der Waals surface area contributed by atoms with Gasteiger partial charge in [0, 0.05) is 24.7 Å². The zero-order valence-corrected chi connectivity index (χ0v) is 15.2. The molecular weight excluding hydrogens is 397 g/mol. The molecule has 3 aromatic rings. The van der Waals surface area contributed by atoms with Crippen LogP contribution < -0.4 is 5.32 Å². The van der Waals surface area contributed by atoms with Gasteiger partial charge < -0.3 is 10.4 Å². The molecule has 0 amide bonds. The van der Waals surface area contributed by atoms with Gasteiger partial charge in [-0.25, -0.2) is 23.4 Å². The van der Waals surface area contributed by atoms with Gasteiger partial charge in [0.05, 0.1) is 10.9 Å². The number of nitrogens with zero attached hydrogens (tertiary/aromatic N) is 4. The Labute approximate surface area is 161 Å². The number of fused-ring (bicyclic) bond motifs is 1. The zero-order valence-electron chi connectivity index (χ0n) is 15.2. The molecule has 2 aromatic heterocycles. The van der Waals surface area contributed by atoms with Gasteiger partial charge in [0.15, 0.2) is 23.0 Å². The predicted octanol–water partition coefficient (Wildman–Crippen LogP) is 3.50. The monoisotopic (exact) mass is 413 g/mol. The molecule has 0 unspecified atom stereocenters. The minimum Gasteiger partial charge on any atom is -0.503 e. The first-order valence-electron chi connectivity index (χ1n) is 8.87. The maximum Gasteiger partial charge on any atom is 0.419 e. The molecule has 0 spiro atoms. The highest BCUT2D eigenvalue weighted by atomic mass is 19.4. The van der Waals surface area contributed by atoms with Gasteiger partial charge in [0.25, 0.3) is 0 Å². The zero-order chi connectivity index (χ0) is 20.9. The van der Waals surface area contributed by atoms with Crippen molar-refractivity contribution in [2.75, 3.05) is 13.1 Å². The van der Waals surface area contributed by atoms with Crippen LogP contribution in [0.5, 0.6) is 5.75 Å². The second kappa shape index (κ2) is 6.90. The predicted molar refractivity (Wildman–Crippen MR) is 93.2 cm³/mol. The van der Waals surface area contributed by atoms with E-state index in [1.807, 2.05) is 0 Å². The van der Waals surface area contributed by atoms with Crippen LogP contribution in [0.25, 0.3) is 22.3 Å². The molecule has 0 saturated carbocycles. The van der Waals surface area contributed by atoms with Crippen LogP contribution >= 0.6 is 0 Å². The number of piperidine rings is 1. The van der Waals surface area contributed by atoms with Gasteiger partial charge >= 0.3 is 6.18 Å². The Hall–Kier alpha value is -2.82. The van der Waals surface area contributed by atoms with Crippen molar-refractivity contribution < 1.29 is 27.1 Å². The highest BCUT2D eigenvalue weighted by Gasteiger charge is 2.38. The van der Waals surface area contributed by atoms with E-state index in [1.54, 1.807) is 0 Å². The fraction of sp³-hybridized carbons (Fsp3) is 0.389. The summed E-state index contributed by atoms with van der Waals surface area (Å²) in [7, 11) is 1.51. The highest BCUT2D eigenvalue weighted by molar-refractivity contribution is 5.91. The Morgan fingerprint density at radius 3 is 2.52 bits per heavy atom. The Morgan fingerprint density at radius 1 is 1.17 bits per heavy atom. The summed E-state index contributed by atoms with van der Waals surface area (Å²) in [6.45, 7) is 1.64. The van der Waals surface area contributed by atoms with E-state index in [1.165, 1.54) is 17.9 Å². The molecule has 1 saturated heterocycles. The van der Waals surface area contributed by atoms with Crippen molar-refractivity contribution in [3.8, 4) is 17.0 Å². The van der Waals surface area contributed by atoms with Crippen molar-refractivity contribution >= 4 is 11.0 Å². The molecule has 29 heavy (non-hydrogen) atoms. The molecule has 3 heterocycles. The summed E-state index contributed by atoms with van der Waals surface area (Å²) >= 11 is 0. The SMILES string of the molecule is Cn1nc(-c2cc(C(F)(F)F)c(F)c(O)c2F)c2cnc(C3CCNCC3)nc21. The molecule has 1 fully saturated rings. The fourth-order valence-electron chi connectivity index (χ4n) is 3.53. The van der Waals surface area contributed by atoms with Gasteiger partial charge in [-0.2, -0.15) is 18.3 Å². The largest absolute Gasteiger partial charge is 0.503 e. The van der Waals surface area contributed by atoms with Crippen LogP contribution in [0.1, 0.15) is 30.1 Å². The third kappa shape index (κ3) is 3.28. The molecule has 0 radical (unpaired) electrons. The van der Waals surface area contributed by atoms with Gasteiger partial charge in [0.1, 0.15) is 11.5 Å². The maximum absolute atomic E-state index is 14.5. The van der Waals surface area contributed by atoms with Gasteiger partial charge in [-0.05, 0) is 32.0 Å². The third-order valence-corrected chi connectivity index (χ3v) is 5.04. The Balaban J connectivity index is 1.88. The maximum atomic E-state index is 14.5. The van der Waals surface area contributed by atoms with Crippen LogP contribution in [0, 0.1) is 11.6 Å². The summed E-state index contributed by atoms with van der Waals surface area (Å²) in [5.41, 5.74) is -2.37. The first-order valence-corrected chi connectivity index (χ1v) is 8.87. The molecule has 2 N–H and O–H groups in total. The second-order valence-electron chi connectivity index (χ2n) is 6.91. The normalized spacial score (nSPS) is 15.9. The third-order valence-electron chi connectivity index (χ3n) is 5.04. The number of phenolic OH excluding ortho intramolecular Hbond substituents is 1. The Morgan fingerprint density at radius 2 is 1.86 bits per heavy atom. The van der Waals surface area contributed by atoms with Gasteiger partial charge in [-0.1, -0.05) is 0 Å². The number of hydrogen-bond donors (Lipinski definition) is 2. The molecular formula is C18H16F5N5O. The Kier molecular flexibility index (Phi) is 4.64. The van der Waals surface area contributed by atoms with Crippen LogP contribution in [-0.2, 0) is 13.2 Å². The van der Waals surface area contributed by atoms with Crippen molar-refractivity contribution in [3.63, 3.8) is 0 Å². The standard InChI is InChI=1S/C18H16F5N5O/c1-28-17-10(7-25-16(26-17)8-2-4-24-5-3-8)14(27-28)9-6-11(18(21,22)23)13(20)15(29)12(9)19/h6-8,24,29H,2-5H2,1H3. The smallest absolute Gasteiger partial charge is 0.419 e. The number of rotatable bonds is 2. The molecule has 6 nitrogen and oxygen atoms in total. The number of nitrogens with one attached hydrogen (secondary N) is 1. The molecule has 1 aliphatic heterocycles. The molecule has 4 rings (SSSR count). The number of halogens is 5. The van der Waals surface area contributed by atoms with Gasteiger partial charge in [-0.3, -0.25) is 0 Å². The minimum atomic E-state index is -5.12. The lowest BCUT2D eigenvalue weighted by atomic mass is 9.97. The van der Waals surface area contributed by atoms with E-state index in [-0.39, 0.29) is 17.0 Å². The van der Waals surface area contributed by atoms with E-state index in [4.69, 9.17) is 0 Å². The average molecular weight is 413 g/mol. The van der Waals surface area contributed by atoms with Crippen LogP contribution in [0.3, 0.4) is 0 Å². The van der Waals surface area contributed by atoms with Crippen molar-refractivity contribution in [1.82, 2.24) is 25.1 Å². The Bertz CT molecular complexity index is 1090. The summed E-state index contributed by atoms with van der Waals surface area (Å²) in [6, 6.07) is 0.298. The van der Waals surface area contributed by atoms with Crippen molar-refractivity contribution in [1.29, 1.82) is 0 Å². The molecule has 11 heteroatoms. The van der Waals surface area contributed by atoms with E-state index in [2.05, 4.69) is 20.4 Å². The number of alkyl halides is 3. The number of hydrogen-bond acceptors (Lipinski definition) is 5. The first-order chi connectivity index (χ1) is 13.7. The number of aromatic nitrogens is 4. The number of phenols is 1. The summed E-state index contributed by atoms with van der Waals surface area (Å²) in [5, 5.41) is 17.1. The molecule has 0 bridgehead atoms. The van der Waals surface area contributed by atoms with Gasteiger partial charge in [-0.15, -0.1) is 0 Å². The molecule has 1 aliphatic rings. The summed E-state index contributed by atoms with van der Waals surface area (Å²) in [6.07, 6.45) is -2.07. The quantitative estimate of drug-likeness (QED) is 0.629. The van der Waals surface area contributed by atoms with Crippen LogP contribution in [0.15, 0.2) is 12.3 Å². The number of aryl methyl sites for hydroxylation is 1. The van der Waals surface area contributed by atoms with E-state index in [9.17, 15) is 27.1 Å². The summed E-state index contributed by atoms with van der Waals surface area (Å²) in [5.74, 6) is -4.60. The summed E-state index contributed by atoms with van der Waals surface area (Å²) in [4.78, 5) is 8.76. The molecule has 1 aromatic carbocycles. The number of benzene rings is 1. The van der Waals surface area contributed by atoms with Crippen LogP contribution in [0.4, 0.5) is 22.0 Å². The van der Waals surface area contributed by atoms with Crippen LogP contribution in [-0.4, -0.2) is 37.9 Å². The lowest BCUT2D eigenvalue weighted by Gasteiger charge is -2.21. The van der Waals surface area contributed by atoms with E-state index >= 15 is 0 Å². The van der Waals surface area contributed by atoms with E-state index in [0.717, 1.165) is 25.9 Å². The van der Waals surface area contributed by atoms with Crippen molar-refractivity contribution in [2.45, 2.75) is 24.9 Å². The summed E-state index contributed by atoms with van der Waals surface area (Å²) < 4.78 is 68.8. The highest BCUT2D eigenvalue weighted by Crippen LogP contribution is 2.41. The molecule has 0 atom stereocenters. The lowest BCUT2D eigenvalue weighted by Crippen LogP contribution is -2.27. The van der Waals surface area contributed by atoms with Crippen molar-refractivity contribution in [2.24, 2.45) is 7.05 Å². The van der Waals surface area contributed by atoms with Crippen LogP contribution in [0.2, 0.25) is 0 Å². The number of aromatic hydroxyl groups is 1. The topological polar surface area (TPSA) is 75.9 Å². The molecule has 0 aliphatic carbocycles. The molecule has 154 valence electrons. The van der Waals surface area contributed by atoms with E-state index in [0.29, 0.717) is 17.5 Å². The van der Waals surface area contributed by atoms with E-state index < -0.39 is 34.7 Å². The lowest BCUT2D eigenvalue weighted by molar-refractivity contribution is -0.140. The second-order valence-corrected chi connectivity index (χ2v) is 6.91. The minimum absolute atomic E-state index is 0.127. The van der Waals surface area contributed by atoms with Crippen molar-refractivity contribution in [3.05, 3.63) is 35.3 Å². The first kappa shape index (κ1) is 19.5. The average Bonchev–Trinajstić information content (AvgIpc) is 3.02.